The van der Waals surface area contributed by atoms with E-state index in [1.54, 1.807) is 0 Å². The molecule has 0 atom stereocenters. The smallest absolute Gasteiger partial charge is 0.225 e. The van der Waals surface area contributed by atoms with Gasteiger partial charge in [-0.3, -0.25) is 4.79 Å². The van der Waals surface area contributed by atoms with Gasteiger partial charge in [0, 0.05) is 12.0 Å². The van der Waals surface area contributed by atoms with Crippen LogP contribution in [0.15, 0.2) is 0 Å². The zero-order chi connectivity index (χ0) is 7.61. The summed E-state index contributed by atoms with van der Waals surface area (Å²) in [6.45, 7) is 4.76. The molecule has 0 heterocycles. The summed E-state index contributed by atoms with van der Waals surface area (Å²) in [5, 5.41) is 2.85. The molecule has 1 saturated carbocycles. The van der Waals surface area contributed by atoms with Gasteiger partial charge in [0.15, 0.2) is 0 Å². The van der Waals surface area contributed by atoms with Crippen molar-refractivity contribution in [1.82, 2.24) is 5.32 Å². The largest absolute Gasteiger partial charge is 0.356 e. The van der Waals surface area contributed by atoms with Crippen LogP contribution < -0.4 is 5.32 Å². The number of carbonyl (C=O) groups is 1. The van der Waals surface area contributed by atoms with E-state index in [1.165, 1.54) is 6.42 Å². The van der Waals surface area contributed by atoms with Crippen LogP contribution in [0.5, 0.6) is 0 Å². The minimum absolute atomic E-state index is 0.0178. The van der Waals surface area contributed by atoms with Crippen LogP contribution in [0.3, 0.4) is 0 Å². The van der Waals surface area contributed by atoms with Crippen molar-refractivity contribution in [3.63, 3.8) is 0 Å². The number of carbonyl (C=O) groups excluding carboxylic acids is 1. The fraction of sp³-hybridized carbons (Fsp3) is 0.875. The van der Waals surface area contributed by atoms with E-state index in [4.69, 9.17) is 0 Å². The van der Waals surface area contributed by atoms with Crippen molar-refractivity contribution in [3.05, 3.63) is 0 Å². The van der Waals surface area contributed by atoms with E-state index in [1.807, 2.05) is 13.8 Å². The molecule has 0 bridgehead atoms. The van der Waals surface area contributed by atoms with Gasteiger partial charge < -0.3 is 5.32 Å². The molecular formula is C8H15NO. The van der Waals surface area contributed by atoms with Crippen LogP contribution in [-0.4, -0.2) is 12.5 Å². The third kappa shape index (κ3) is 1.15. The molecule has 1 rings (SSSR count). The molecule has 0 unspecified atom stereocenters. The second-order valence-corrected chi connectivity index (χ2v) is 3.27. The van der Waals surface area contributed by atoms with Gasteiger partial charge >= 0.3 is 0 Å². The first-order valence-corrected chi connectivity index (χ1v) is 3.97. The number of hydrogen-bond donors (Lipinski definition) is 1. The molecule has 0 saturated heterocycles. The van der Waals surface area contributed by atoms with Crippen LogP contribution in [0.2, 0.25) is 0 Å². The van der Waals surface area contributed by atoms with Crippen molar-refractivity contribution >= 4 is 5.91 Å². The van der Waals surface area contributed by atoms with Crippen LogP contribution in [0.25, 0.3) is 0 Å². The molecule has 0 aromatic carbocycles. The molecule has 0 spiro atoms. The summed E-state index contributed by atoms with van der Waals surface area (Å²) in [5.74, 6) is 0.237. The molecule has 1 amide bonds. The van der Waals surface area contributed by atoms with E-state index < -0.39 is 0 Å². The van der Waals surface area contributed by atoms with Crippen molar-refractivity contribution in [2.75, 3.05) is 6.54 Å². The monoisotopic (exact) mass is 141 g/mol. The predicted octanol–water partition coefficient (Wildman–Crippen LogP) is 1.31. The Kier molecular flexibility index (Phi) is 1.97. The average molecular weight is 141 g/mol. The number of rotatable bonds is 2. The highest BCUT2D eigenvalue weighted by Crippen LogP contribution is 2.40. The predicted molar refractivity (Wildman–Crippen MR) is 40.6 cm³/mol. The second-order valence-electron chi connectivity index (χ2n) is 3.27. The molecular weight excluding hydrogens is 126 g/mol. The summed E-state index contributed by atoms with van der Waals surface area (Å²) in [6.07, 6.45) is 3.35. The topological polar surface area (TPSA) is 29.1 Å². The van der Waals surface area contributed by atoms with Crippen LogP contribution in [0, 0.1) is 5.41 Å². The van der Waals surface area contributed by atoms with E-state index >= 15 is 0 Å². The molecule has 2 nitrogen and oxygen atoms in total. The lowest BCUT2D eigenvalue weighted by molar-refractivity contribution is -0.134. The van der Waals surface area contributed by atoms with E-state index in [9.17, 15) is 4.79 Å². The van der Waals surface area contributed by atoms with Gasteiger partial charge in [-0.05, 0) is 19.8 Å². The molecule has 58 valence electrons. The highest BCUT2D eigenvalue weighted by Gasteiger charge is 2.38. The first-order valence-electron chi connectivity index (χ1n) is 3.97. The maximum atomic E-state index is 11.2. The number of nitrogens with one attached hydrogen (secondary N) is 1. The van der Waals surface area contributed by atoms with E-state index in [0.717, 1.165) is 19.4 Å². The van der Waals surface area contributed by atoms with Crippen LogP contribution in [-0.2, 0) is 4.79 Å². The molecule has 1 fully saturated rings. The SMILES string of the molecule is CCNC(=O)C1(C)CCC1. The minimum Gasteiger partial charge on any atom is -0.356 e. The Morgan fingerprint density at radius 2 is 2.20 bits per heavy atom. The van der Waals surface area contributed by atoms with Crippen molar-refractivity contribution in [2.24, 2.45) is 5.41 Å². The first-order chi connectivity index (χ1) is 4.69. The Morgan fingerprint density at radius 1 is 1.60 bits per heavy atom. The van der Waals surface area contributed by atoms with E-state index in [-0.39, 0.29) is 11.3 Å². The van der Waals surface area contributed by atoms with Gasteiger partial charge in [-0.1, -0.05) is 13.3 Å². The van der Waals surface area contributed by atoms with Crippen LogP contribution in [0.1, 0.15) is 33.1 Å². The lowest BCUT2D eigenvalue weighted by Gasteiger charge is -2.36. The molecule has 1 N–H and O–H groups in total. The van der Waals surface area contributed by atoms with Crippen LogP contribution in [0.4, 0.5) is 0 Å². The third-order valence-electron chi connectivity index (χ3n) is 2.34. The molecule has 1 aliphatic rings. The molecule has 0 aromatic rings. The third-order valence-corrected chi connectivity index (χ3v) is 2.34. The van der Waals surface area contributed by atoms with E-state index in [0.29, 0.717) is 0 Å². The lowest BCUT2D eigenvalue weighted by atomic mass is 9.70. The Bertz CT molecular complexity index is 138. The average Bonchev–Trinajstić information content (AvgIpc) is 1.83. The Labute approximate surface area is 62.0 Å². The quantitative estimate of drug-likeness (QED) is 0.617. The maximum absolute atomic E-state index is 11.2. The summed E-state index contributed by atoms with van der Waals surface area (Å²) in [4.78, 5) is 11.2. The summed E-state index contributed by atoms with van der Waals surface area (Å²) in [5.41, 5.74) is -0.0178. The van der Waals surface area contributed by atoms with Crippen molar-refractivity contribution in [2.45, 2.75) is 33.1 Å². The summed E-state index contributed by atoms with van der Waals surface area (Å²) >= 11 is 0. The lowest BCUT2D eigenvalue weighted by Crippen LogP contribution is -2.43. The van der Waals surface area contributed by atoms with E-state index in [2.05, 4.69) is 5.32 Å². The Morgan fingerprint density at radius 3 is 2.50 bits per heavy atom. The molecule has 0 radical (unpaired) electrons. The normalized spacial score (nSPS) is 21.4. The molecule has 0 aromatic heterocycles. The molecule has 2 heteroatoms. The molecule has 1 aliphatic carbocycles. The Hall–Kier alpha value is -0.530. The highest BCUT2D eigenvalue weighted by molar-refractivity contribution is 5.82. The maximum Gasteiger partial charge on any atom is 0.225 e. The standard InChI is InChI=1S/C8H15NO/c1-3-9-7(10)8(2)5-4-6-8/h3-6H2,1-2H3,(H,9,10). The van der Waals surface area contributed by atoms with Gasteiger partial charge in [-0.2, -0.15) is 0 Å². The fourth-order valence-electron chi connectivity index (χ4n) is 1.31. The second kappa shape index (κ2) is 2.60. The van der Waals surface area contributed by atoms with Gasteiger partial charge in [-0.25, -0.2) is 0 Å². The number of amides is 1. The first kappa shape index (κ1) is 7.58. The van der Waals surface area contributed by atoms with Gasteiger partial charge in [0.05, 0.1) is 0 Å². The summed E-state index contributed by atoms with van der Waals surface area (Å²) in [7, 11) is 0. The minimum atomic E-state index is -0.0178. The summed E-state index contributed by atoms with van der Waals surface area (Å²) in [6, 6.07) is 0. The molecule has 10 heavy (non-hydrogen) atoms. The van der Waals surface area contributed by atoms with Crippen molar-refractivity contribution < 1.29 is 4.79 Å². The van der Waals surface area contributed by atoms with Gasteiger partial charge in [-0.15, -0.1) is 0 Å². The zero-order valence-electron chi connectivity index (χ0n) is 6.74. The molecule has 0 aliphatic heterocycles. The van der Waals surface area contributed by atoms with Gasteiger partial charge in [0.2, 0.25) is 5.91 Å². The highest BCUT2D eigenvalue weighted by atomic mass is 16.2. The van der Waals surface area contributed by atoms with Crippen molar-refractivity contribution in [3.8, 4) is 0 Å². The fourth-order valence-corrected chi connectivity index (χ4v) is 1.31. The van der Waals surface area contributed by atoms with Gasteiger partial charge in [0.25, 0.3) is 0 Å². The Balaban J connectivity index is 2.39. The number of hydrogen-bond acceptors (Lipinski definition) is 1. The van der Waals surface area contributed by atoms with Crippen molar-refractivity contribution in [1.29, 1.82) is 0 Å². The van der Waals surface area contributed by atoms with Crippen LogP contribution >= 0.6 is 0 Å². The summed E-state index contributed by atoms with van der Waals surface area (Å²) < 4.78 is 0. The van der Waals surface area contributed by atoms with Gasteiger partial charge in [0.1, 0.15) is 0 Å². The zero-order valence-corrected chi connectivity index (χ0v) is 6.74.